The first kappa shape index (κ1) is 30.0. The molecule has 1 aliphatic heterocycles. The van der Waals surface area contributed by atoms with Crippen LogP contribution < -0.4 is 15.4 Å². The minimum Gasteiger partial charge on any atom is -0.479 e. The zero-order chi connectivity index (χ0) is 29.7. The van der Waals surface area contributed by atoms with Crippen LogP contribution in [0.3, 0.4) is 0 Å². The van der Waals surface area contributed by atoms with E-state index in [0.29, 0.717) is 42.9 Å². The lowest BCUT2D eigenvalue weighted by atomic mass is 9.97. The number of piperidine rings is 1. The Morgan fingerprint density at radius 1 is 1.07 bits per heavy atom. The molecule has 0 bridgehead atoms. The quantitative estimate of drug-likeness (QED) is 0.214. The lowest BCUT2D eigenvalue weighted by Gasteiger charge is -2.32. The number of carboxylic acid groups (broad SMARTS) is 2. The summed E-state index contributed by atoms with van der Waals surface area (Å²) in [6.07, 6.45) is -3.29. The molecule has 14 heteroatoms. The zero-order valence-corrected chi connectivity index (χ0v) is 22.9. The largest absolute Gasteiger partial charge is 0.479 e. The number of ether oxygens (including phenoxy) is 1. The number of nitrogens with one attached hydrogen (secondary N) is 2. The Morgan fingerprint density at radius 2 is 1.78 bits per heavy atom. The molecule has 0 radical (unpaired) electrons. The number of hydrogen-bond acceptors (Lipinski definition) is 6. The fourth-order valence-corrected chi connectivity index (χ4v) is 5.79. The molecular weight excluding hydrogens is 587 g/mol. The van der Waals surface area contributed by atoms with Gasteiger partial charge in [0.15, 0.2) is 17.2 Å². The first-order chi connectivity index (χ1) is 19.4. The molecule has 2 amide bonds. The molecule has 0 saturated carbocycles. The molecule has 2 heterocycles. The Morgan fingerprint density at radius 3 is 2.44 bits per heavy atom. The highest BCUT2D eigenvalue weighted by Crippen LogP contribution is 2.46. The lowest BCUT2D eigenvalue weighted by molar-refractivity contribution is -0.139. The van der Waals surface area contributed by atoms with E-state index < -0.39 is 36.3 Å². The highest BCUT2D eigenvalue weighted by molar-refractivity contribution is 7.18. The molecule has 2 aromatic carbocycles. The van der Waals surface area contributed by atoms with E-state index in [0.717, 1.165) is 23.1 Å². The van der Waals surface area contributed by atoms with Gasteiger partial charge in [-0.15, -0.1) is 11.3 Å². The van der Waals surface area contributed by atoms with Crippen molar-refractivity contribution < 1.29 is 42.5 Å². The van der Waals surface area contributed by atoms with Crippen LogP contribution in [0.2, 0.25) is 5.02 Å². The Labute approximate surface area is 241 Å². The topological polar surface area (TPSA) is 128 Å². The Kier molecular flexibility index (Phi) is 9.28. The van der Waals surface area contributed by atoms with Crippen LogP contribution in [-0.4, -0.2) is 59.3 Å². The molecule has 9 nitrogen and oxygen atoms in total. The van der Waals surface area contributed by atoms with Gasteiger partial charge in [0.2, 0.25) is 0 Å². The van der Waals surface area contributed by atoms with Crippen LogP contribution in [0, 0.1) is 5.92 Å². The molecule has 4 N–H and O–H groups in total. The van der Waals surface area contributed by atoms with E-state index in [2.05, 4.69) is 10.6 Å². The van der Waals surface area contributed by atoms with Gasteiger partial charge in [-0.2, -0.15) is 13.2 Å². The summed E-state index contributed by atoms with van der Waals surface area (Å²) in [4.78, 5) is 36.9. The van der Waals surface area contributed by atoms with E-state index in [1.807, 2.05) is 6.07 Å². The van der Waals surface area contributed by atoms with Crippen LogP contribution >= 0.6 is 22.9 Å². The Bertz CT molecular complexity index is 1440. The summed E-state index contributed by atoms with van der Waals surface area (Å²) in [5, 5.41) is 24.1. The van der Waals surface area contributed by atoms with Crippen LogP contribution in [0.15, 0.2) is 48.5 Å². The van der Waals surface area contributed by atoms with Crippen LogP contribution in [0.1, 0.15) is 28.1 Å². The second-order valence-corrected chi connectivity index (χ2v) is 10.7. The fraction of sp³-hybridized carbons (Fsp3) is 0.296. The van der Waals surface area contributed by atoms with Crippen molar-refractivity contribution in [3.63, 3.8) is 0 Å². The fourth-order valence-electron chi connectivity index (χ4n) is 4.39. The number of urea groups is 1. The minimum atomic E-state index is -4.58. The number of aliphatic carboxylic acids is 1. The maximum Gasteiger partial charge on any atom is 0.418 e. The number of alkyl halides is 3. The second kappa shape index (κ2) is 12.7. The highest BCUT2D eigenvalue weighted by atomic mass is 35.5. The van der Waals surface area contributed by atoms with E-state index in [1.165, 1.54) is 23.1 Å². The van der Waals surface area contributed by atoms with Gasteiger partial charge in [0.1, 0.15) is 5.02 Å². The number of nitrogens with zero attached hydrogens (tertiary/aromatic N) is 1. The summed E-state index contributed by atoms with van der Waals surface area (Å²) in [6, 6.07) is 11.4. The zero-order valence-electron chi connectivity index (χ0n) is 21.3. The van der Waals surface area contributed by atoms with Crippen molar-refractivity contribution in [3.05, 3.63) is 64.0 Å². The van der Waals surface area contributed by atoms with E-state index in [-0.39, 0.29) is 27.3 Å². The SMILES string of the molecule is O=C(O)COc1c(C(=O)O)sc(-c2cccc(NCC3CCN(C(=O)Nc4ccccc4C(F)(F)F)CC3)c2)c1Cl. The van der Waals surface area contributed by atoms with Crippen LogP contribution in [0.4, 0.5) is 29.3 Å². The highest BCUT2D eigenvalue weighted by Gasteiger charge is 2.34. The van der Waals surface area contributed by atoms with Gasteiger partial charge < -0.3 is 30.5 Å². The molecule has 218 valence electrons. The number of anilines is 2. The van der Waals surface area contributed by atoms with Gasteiger partial charge in [-0.25, -0.2) is 14.4 Å². The van der Waals surface area contributed by atoms with E-state index in [9.17, 15) is 32.7 Å². The number of rotatable bonds is 9. The Hall–Kier alpha value is -3.97. The van der Waals surface area contributed by atoms with Crippen molar-refractivity contribution >= 4 is 52.3 Å². The predicted molar refractivity (Wildman–Crippen MR) is 148 cm³/mol. The van der Waals surface area contributed by atoms with Gasteiger partial charge in [-0.1, -0.05) is 35.9 Å². The number of benzene rings is 2. The lowest BCUT2D eigenvalue weighted by Crippen LogP contribution is -2.42. The first-order valence-electron chi connectivity index (χ1n) is 12.4. The number of hydrogen-bond donors (Lipinski definition) is 4. The van der Waals surface area contributed by atoms with Crippen molar-refractivity contribution in [1.29, 1.82) is 0 Å². The summed E-state index contributed by atoms with van der Waals surface area (Å²) in [5.41, 5.74) is 0.168. The molecule has 0 unspecified atom stereocenters. The maximum absolute atomic E-state index is 13.2. The second-order valence-electron chi connectivity index (χ2n) is 9.26. The van der Waals surface area contributed by atoms with E-state index in [4.69, 9.17) is 21.4 Å². The van der Waals surface area contributed by atoms with Gasteiger partial charge in [-0.05, 0) is 48.6 Å². The average Bonchev–Trinajstić information content (AvgIpc) is 3.27. The minimum absolute atomic E-state index is 0.00862. The third kappa shape index (κ3) is 7.41. The number of likely N-dealkylation sites (tertiary alicyclic amines) is 1. The third-order valence-electron chi connectivity index (χ3n) is 6.44. The number of carbonyl (C=O) groups is 3. The predicted octanol–water partition coefficient (Wildman–Crippen LogP) is 6.60. The average molecular weight is 612 g/mol. The summed E-state index contributed by atoms with van der Waals surface area (Å²) in [6.45, 7) is 0.600. The van der Waals surface area contributed by atoms with Crippen molar-refractivity contribution in [2.75, 3.05) is 36.9 Å². The van der Waals surface area contributed by atoms with Crippen molar-refractivity contribution in [2.45, 2.75) is 19.0 Å². The number of carbonyl (C=O) groups excluding carboxylic acids is 1. The number of carboxylic acids is 2. The van der Waals surface area contributed by atoms with Crippen molar-refractivity contribution in [2.24, 2.45) is 5.92 Å². The smallest absolute Gasteiger partial charge is 0.418 e. The van der Waals surface area contributed by atoms with Gasteiger partial charge in [-0.3, -0.25) is 0 Å². The molecule has 1 saturated heterocycles. The van der Waals surface area contributed by atoms with Gasteiger partial charge >= 0.3 is 24.1 Å². The van der Waals surface area contributed by atoms with Crippen molar-refractivity contribution in [1.82, 2.24) is 4.90 Å². The summed E-state index contributed by atoms with van der Waals surface area (Å²) < 4.78 is 44.8. The molecule has 1 aliphatic rings. The summed E-state index contributed by atoms with van der Waals surface area (Å²) >= 11 is 7.26. The molecule has 3 aromatic rings. The standard InChI is InChI=1S/C27H25ClF3N3O6S/c28-21-22(40-14-20(35)36)24(25(37)38)41-23(21)16-4-3-5-17(12-16)32-13-15-8-10-34(11-9-15)26(39)33-19-7-2-1-6-18(19)27(29,30)31/h1-7,12,15,32H,8-11,13-14H2,(H,33,39)(H,35,36)(H,37,38). The van der Waals surface area contributed by atoms with E-state index in [1.54, 1.807) is 18.2 Å². The molecular formula is C27H25ClF3N3O6S. The van der Waals surface area contributed by atoms with Gasteiger partial charge in [0.05, 0.1) is 16.1 Å². The molecule has 41 heavy (non-hydrogen) atoms. The first-order valence-corrected chi connectivity index (χ1v) is 13.6. The molecule has 0 spiro atoms. The van der Waals surface area contributed by atoms with Crippen LogP contribution in [-0.2, 0) is 11.0 Å². The number of halogens is 4. The molecule has 1 aromatic heterocycles. The van der Waals surface area contributed by atoms with Crippen LogP contribution in [0.5, 0.6) is 5.75 Å². The number of para-hydroxylation sites is 1. The van der Waals surface area contributed by atoms with Gasteiger partial charge in [0, 0.05) is 25.3 Å². The summed E-state index contributed by atoms with van der Waals surface area (Å²) in [5.74, 6) is -2.56. The van der Waals surface area contributed by atoms with Gasteiger partial charge in [0.25, 0.3) is 0 Å². The summed E-state index contributed by atoms with van der Waals surface area (Å²) in [7, 11) is 0. The molecule has 0 aliphatic carbocycles. The Balaban J connectivity index is 1.35. The monoisotopic (exact) mass is 611 g/mol. The molecule has 0 atom stereocenters. The van der Waals surface area contributed by atoms with Crippen molar-refractivity contribution in [3.8, 4) is 16.2 Å². The molecule has 1 fully saturated rings. The third-order valence-corrected chi connectivity index (χ3v) is 8.12. The van der Waals surface area contributed by atoms with E-state index >= 15 is 0 Å². The number of thiophene rings is 1. The maximum atomic E-state index is 13.2. The number of amides is 2. The normalized spacial score (nSPS) is 14.0. The van der Waals surface area contributed by atoms with Crippen LogP contribution in [0.25, 0.3) is 10.4 Å². The number of aromatic carboxylic acids is 1. The molecule has 4 rings (SSSR count).